The summed E-state index contributed by atoms with van der Waals surface area (Å²) in [4.78, 5) is 0. The Morgan fingerprint density at radius 2 is 1.52 bits per heavy atom. The first kappa shape index (κ1) is 18.6. The molecule has 3 heteroatoms. The van der Waals surface area contributed by atoms with Crippen molar-refractivity contribution < 1.29 is 0 Å². The van der Waals surface area contributed by atoms with Gasteiger partial charge in [-0.15, -0.1) is 0 Å². The largest absolute Gasteiger partial charge is 0.344 e. The summed E-state index contributed by atoms with van der Waals surface area (Å²) in [5.41, 5.74) is 7.34. The number of rotatable bonds is 4. The van der Waals surface area contributed by atoms with Gasteiger partial charge in [-0.25, -0.2) is 0 Å². The highest BCUT2D eigenvalue weighted by Crippen LogP contribution is 2.33. The summed E-state index contributed by atoms with van der Waals surface area (Å²) in [5.74, 6) is 0.918. The van der Waals surface area contributed by atoms with Crippen molar-refractivity contribution in [2.45, 2.75) is 46.5 Å². The highest BCUT2D eigenvalue weighted by atomic mass is 14.9. The van der Waals surface area contributed by atoms with E-state index in [0.29, 0.717) is 11.8 Å². The molecule has 0 aliphatic rings. The molecule has 0 amide bonds. The average molecular weight is 331 g/mol. The maximum atomic E-state index is 8.98. The van der Waals surface area contributed by atoms with Crippen LogP contribution < -0.4 is 0 Å². The minimum atomic E-state index is 0.113. The van der Waals surface area contributed by atoms with Gasteiger partial charge in [-0.3, -0.25) is 0 Å². The number of hydrogen-bond donors (Lipinski definition) is 0. The SMILES string of the molecule is Cc1c(C(C)C)cc(-c2ccc(C=C(C#N)C#N)n2C)cc1C(C)C. The molecule has 0 saturated carbocycles. The van der Waals surface area contributed by atoms with Gasteiger partial charge in [0.15, 0.2) is 0 Å². The molecule has 3 nitrogen and oxygen atoms in total. The fourth-order valence-corrected chi connectivity index (χ4v) is 3.31. The Morgan fingerprint density at radius 3 is 1.96 bits per heavy atom. The number of nitriles is 2. The molecule has 1 aromatic heterocycles. The smallest absolute Gasteiger partial charge is 0.131 e. The standard InChI is InChI=1S/C22H25N3/c1-14(2)20-10-18(11-21(15(3)4)16(20)5)22-8-7-19(25(22)6)9-17(12-23)13-24/h7-11,14-15H,1-6H3. The first-order valence-electron chi connectivity index (χ1n) is 8.62. The van der Waals surface area contributed by atoms with E-state index in [1.165, 1.54) is 22.3 Å². The summed E-state index contributed by atoms with van der Waals surface area (Å²) in [7, 11) is 1.97. The van der Waals surface area contributed by atoms with E-state index in [2.05, 4.69) is 52.8 Å². The van der Waals surface area contributed by atoms with E-state index >= 15 is 0 Å². The van der Waals surface area contributed by atoms with Gasteiger partial charge in [-0.1, -0.05) is 27.7 Å². The second kappa shape index (κ2) is 7.41. The van der Waals surface area contributed by atoms with Gasteiger partial charge >= 0.3 is 0 Å². The summed E-state index contributed by atoms with van der Waals surface area (Å²) >= 11 is 0. The first-order chi connectivity index (χ1) is 11.8. The Labute approximate surface area is 150 Å². The van der Waals surface area contributed by atoms with Gasteiger partial charge in [0.1, 0.15) is 17.7 Å². The Balaban J connectivity index is 2.65. The van der Waals surface area contributed by atoms with Crippen LogP contribution in [0.2, 0.25) is 0 Å². The van der Waals surface area contributed by atoms with Crippen molar-refractivity contribution in [3.05, 3.63) is 52.2 Å². The zero-order valence-corrected chi connectivity index (χ0v) is 15.9. The van der Waals surface area contributed by atoms with Crippen molar-refractivity contribution in [3.8, 4) is 23.4 Å². The van der Waals surface area contributed by atoms with E-state index in [0.717, 1.165) is 11.4 Å². The van der Waals surface area contributed by atoms with Crippen LogP contribution in [0.5, 0.6) is 0 Å². The van der Waals surface area contributed by atoms with E-state index in [9.17, 15) is 0 Å². The summed E-state index contributed by atoms with van der Waals surface area (Å²) < 4.78 is 2.04. The van der Waals surface area contributed by atoms with Gasteiger partial charge in [0.05, 0.1) is 0 Å². The first-order valence-corrected chi connectivity index (χ1v) is 8.62. The molecule has 0 spiro atoms. The number of allylic oxidation sites excluding steroid dienone is 1. The fraction of sp³-hybridized carbons (Fsp3) is 0.364. The molecular formula is C22H25N3. The van der Waals surface area contributed by atoms with Crippen molar-refractivity contribution in [1.29, 1.82) is 10.5 Å². The van der Waals surface area contributed by atoms with Crippen LogP contribution in [0.15, 0.2) is 29.8 Å². The number of hydrogen-bond acceptors (Lipinski definition) is 2. The van der Waals surface area contributed by atoms with E-state index in [1.807, 2.05) is 29.8 Å². The lowest BCUT2D eigenvalue weighted by molar-refractivity contribution is 0.816. The van der Waals surface area contributed by atoms with Crippen LogP contribution in [0.25, 0.3) is 17.3 Å². The van der Waals surface area contributed by atoms with Gasteiger partial charge in [0, 0.05) is 18.4 Å². The molecule has 0 radical (unpaired) electrons. The average Bonchev–Trinajstić information content (AvgIpc) is 2.93. The topological polar surface area (TPSA) is 52.5 Å². The number of benzene rings is 1. The van der Waals surface area contributed by atoms with E-state index in [1.54, 1.807) is 6.08 Å². The molecule has 0 unspecified atom stereocenters. The quantitative estimate of drug-likeness (QED) is 0.677. The third kappa shape index (κ3) is 3.67. The molecule has 0 aliphatic heterocycles. The van der Waals surface area contributed by atoms with Gasteiger partial charge < -0.3 is 4.57 Å². The van der Waals surface area contributed by atoms with Gasteiger partial charge in [0.2, 0.25) is 0 Å². The van der Waals surface area contributed by atoms with Gasteiger partial charge in [-0.05, 0) is 71.4 Å². The Bertz CT molecular complexity index is 851. The van der Waals surface area contributed by atoms with Crippen LogP contribution in [0.1, 0.15) is 61.9 Å². The monoisotopic (exact) mass is 331 g/mol. The summed E-state index contributed by atoms with van der Waals surface area (Å²) in [5, 5.41) is 18.0. The minimum Gasteiger partial charge on any atom is -0.344 e. The lowest BCUT2D eigenvalue weighted by Gasteiger charge is -2.19. The molecule has 0 fully saturated rings. The second-order valence-corrected chi connectivity index (χ2v) is 7.07. The van der Waals surface area contributed by atoms with Crippen LogP contribution in [-0.2, 0) is 7.05 Å². The predicted octanol–water partition coefficient (Wildman–Crippen LogP) is 5.68. The van der Waals surface area contributed by atoms with Crippen molar-refractivity contribution in [1.82, 2.24) is 4.57 Å². The second-order valence-electron chi connectivity index (χ2n) is 7.07. The highest BCUT2D eigenvalue weighted by molar-refractivity contribution is 5.69. The van der Waals surface area contributed by atoms with Crippen molar-refractivity contribution >= 4 is 6.08 Å². The normalized spacial score (nSPS) is 10.6. The van der Waals surface area contributed by atoms with Crippen molar-refractivity contribution in [2.24, 2.45) is 7.05 Å². The predicted molar refractivity (Wildman–Crippen MR) is 103 cm³/mol. The van der Waals surface area contributed by atoms with Crippen molar-refractivity contribution in [3.63, 3.8) is 0 Å². The number of aromatic nitrogens is 1. The van der Waals surface area contributed by atoms with Crippen LogP contribution in [-0.4, -0.2) is 4.57 Å². The Hall–Kier alpha value is -2.78. The molecule has 1 heterocycles. The lowest BCUT2D eigenvalue weighted by atomic mass is 9.87. The van der Waals surface area contributed by atoms with E-state index in [4.69, 9.17) is 10.5 Å². The van der Waals surface area contributed by atoms with Gasteiger partial charge in [-0.2, -0.15) is 10.5 Å². The third-order valence-corrected chi connectivity index (χ3v) is 4.72. The molecule has 128 valence electrons. The third-order valence-electron chi connectivity index (χ3n) is 4.72. The minimum absolute atomic E-state index is 0.113. The maximum absolute atomic E-state index is 8.98. The zero-order valence-electron chi connectivity index (χ0n) is 15.9. The summed E-state index contributed by atoms with van der Waals surface area (Å²) in [6, 6.07) is 12.4. The van der Waals surface area contributed by atoms with Crippen LogP contribution in [0, 0.1) is 29.6 Å². The van der Waals surface area contributed by atoms with E-state index < -0.39 is 0 Å². The molecule has 0 N–H and O–H groups in total. The fourth-order valence-electron chi connectivity index (χ4n) is 3.31. The highest BCUT2D eigenvalue weighted by Gasteiger charge is 2.15. The van der Waals surface area contributed by atoms with Crippen LogP contribution in [0.4, 0.5) is 0 Å². The molecule has 0 saturated heterocycles. The molecule has 0 atom stereocenters. The molecule has 2 rings (SSSR count). The lowest BCUT2D eigenvalue weighted by Crippen LogP contribution is -2.02. The molecular weight excluding hydrogens is 306 g/mol. The molecule has 2 aromatic rings. The maximum Gasteiger partial charge on any atom is 0.131 e. The molecule has 1 aromatic carbocycles. The van der Waals surface area contributed by atoms with Gasteiger partial charge in [0.25, 0.3) is 0 Å². The zero-order chi connectivity index (χ0) is 18.7. The van der Waals surface area contributed by atoms with Crippen molar-refractivity contribution in [2.75, 3.05) is 0 Å². The molecule has 0 aliphatic carbocycles. The molecule has 25 heavy (non-hydrogen) atoms. The number of nitrogens with zero attached hydrogens (tertiary/aromatic N) is 3. The summed E-state index contributed by atoms with van der Waals surface area (Å²) in [6.07, 6.45) is 1.63. The Kier molecular flexibility index (Phi) is 5.50. The van der Waals surface area contributed by atoms with Crippen LogP contribution >= 0.6 is 0 Å². The van der Waals surface area contributed by atoms with Crippen LogP contribution in [0.3, 0.4) is 0 Å². The Morgan fingerprint density at radius 1 is 1.00 bits per heavy atom. The summed E-state index contributed by atoms with van der Waals surface area (Å²) in [6.45, 7) is 11.1. The van der Waals surface area contributed by atoms with E-state index in [-0.39, 0.29) is 5.57 Å². The molecule has 0 bridgehead atoms.